The molecule has 4 nitrogen and oxygen atoms in total. The molecule has 5 heteroatoms. The van der Waals surface area contributed by atoms with Gasteiger partial charge in [0.25, 0.3) is 0 Å². The lowest BCUT2D eigenvalue weighted by Crippen LogP contribution is -2.44. The smallest absolute Gasteiger partial charge is 0.322 e. The van der Waals surface area contributed by atoms with Crippen LogP contribution in [0.5, 0.6) is 0 Å². The summed E-state index contributed by atoms with van der Waals surface area (Å²) >= 11 is 0. The molecule has 2 amide bonds. The van der Waals surface area contributed by atoms with Crippen molar-refractivity contribution in [3.8, 4) is 0 Å². The van der Waals surface area contributed by atoms with Gasteiger partial charge >= 0.3 is 6.03 Å². The first kappa shape index (κ1) is 13.8. The van der Waals surface area contributed by atoms with Crippen LogP contribution in [-0.4, -0.2) is 35.2 Å². The van der Waals surface area contributed by atoms with Gasteiger partial charge in [-0.05, 0) is 31.0 Å². The summed E-state index contributed by atoms with van der Waals surface area (Å²) in [6, 6.07) is 5.40. The maximum Gasteiger partial charge on any atom is 0.322 e. The topological polar surface area (TPSA) is 52.6 Å². The van der Waals surface area contributed by atoms with Gasteiger partial charge in [-0.3, -0.25) is 0 Å². The number of hydrogen-bond donors (Lipinski definition) is 2. The van der Waals surface area contributed by atoms with E-state index in [0.29, 0.717) is 12.2 Å². The lowest BCUT2D eigenvalue weighted by atomic mass is 10.1. The number of nitrogens with one attached hydrogen (secondary N) is 1. The van der Waals surface area contributed by atoms with Gasteiger partial charge in [0.2, 0.25) is 0 Å². The Kier molecular flexibility index (Phi) is 4.74. The van der Waals surface area contributed by atoms with E-state index in [4.69, 9.17) is 0 Å². The number of rotatable bonds is 2. The first-order chi connectivity index (χ1) is 9.20. The van der Waals surface area contributed by atoms with Crippen molar-refractivity contribution in [2.75, 3.05) is 18.5 Å². The summed E-state index contributed by atoms with van der Waals surface area (Å²) < 4.78 is 13.1. The molecule has 0 radical (unpaired) electrons. The monoisotopic (exact) mass is 266 g/mol. The van der Waals surface area contributed by atoms with E-state index >= 15 is 0 Å². The normalized spacial score (nSPS) is 19.9. The molecule has 0 bridgehead atoms. The highest BCUT2D eigenvalue weighted by atomic mass is 19.1. The van der Waals surface area contributed by atoms with Gasteiger partial charge in [0.1, 0.15) is 5.82 Å². The molecular weight excluding hydrogens is 247 g/mol. The van der Waals surface area contributed by atoms with Crippen molar-refractivity contribution in [3.05, 3.63) is 30.1 Å². The molecule has 0 aromatic heterocycles. The third kappa shape index (κ3) is 3.67. The second kappa shape index (κ2) is 6.52. The van der Waals surface area contributed by atoms with Crippen LogP contribution in [0.3, 0.4) is 0 Å². The molecule has 1 saturated heterocycles. The van der Waals surface area contributed by atoms with E-state index in [2.05, 4.69) is 5.32 Å². The van der Waals surface area contributed by atoms with Crippen molar-refractivity contribution in [1.29, 1.82) is 0 Å². The van der Waals surface area contributed by atoms with Gasteiger partial charge in [0.05, 0.1) is 12.6 Å². The van der Waals surface area contributed by atoms with Crippen LogP contribution in [0.4, 0.5) is 14.9 Å². The van der Waals surface area contributed by atoms with Crippen molar-refractivity contribution in [3.63, 3.8) is 0 Å². The zero-order valence-corrected chi connectivity index (χ0v) is 10.8. The van der Waals surface area contributed by atoms with Crippen molar-refractivity contribution in [2.24, 2.45) is 0 Å². The summed E-state index contributed by atoms with van der Waals surface area (Å²) in [6.07, 6.45) is 3.84. The summed E-state index contributed by atoms with van der Waals surface area (Å²) in [6.45, 7) is 0.600. The molecule has 2 N–H and O–H groups in total. The Hall–Kier alpha value is -1.62. The van der Waals surface area contributed by atoms with E-state index in [0.717, 1.165) is 25.7 Å². The molecule has 1 heterocycles. The molecule has 2 rings (SSSR count). The molecular formula is C14H19FN2O2. The van der Waals surface area contributed by atoms with Crippen molar-refractivity contribution < 1.29 is 14.3 Å². The average Bonchev–Trinajstić information content (AvgIpc) is 2.63. The highest BCUT2D eigenvalue weighted by molar-refractivity contribution is 5.89. The Morgan fingerprint density at radius 3 is 3.00 bits per heavy atom. The van der Waals surface area contributed by atoms with Crippen LogP contribution in [0.25, 0.3) is 0 Å². The van der Waals surface area contributed by atoms with Gasteiger partial charge in [-0.15, -0.1) is 0 Å². The van der Waals surface area contributed by atoms with E-state index in [1.54, 1.807) is 17.0 Å². The molecule has 19 heavy (non-hydrogen) atoms. The fourth-order valence-corrected chi connectivity index (χ4v) is 2.40. The largest absolute Gasteiger partial charge is 0.394 e. The first-order valence-corrected chi connectivity index (χ1v) is 6.65. The van der Waals surface area contributed by atoms with Crippen LogP contribution in [0.2, 0.25) is 0 Å². The molecule has 0 aliphatic carbocycles. The third-order valence-corrected chi connectivity index (χ3v) is 3.42. The van der Waals surface area contributed by atoms with E-state index in [1.807, 2.05) is 0 Å². The maximum atomic E-state index is 13.1. The minimum absolute atomic E-state index is 0.0312. The minimum atomic E-state index is -0.382. The van der Waals surface area contributed by atoms with Crippen LogP contribution in [0.1, 0.15) is 25.7 Å². The number of nitrogens with zero attached hydrogens (tertiary/aromatic N) is 1. The van der Waals surface area contributed by atoms with Crippen LogP contribution in [-0.2, 0) is 0 Å². The van der Waals surface area contributed by atoms with E-state index in [9.17, 15) is 14.3 Å². The lowest BCUT2D eigenvalue weighted by Gasteiger charge is -2.28. The predicted octanol–water partition coefficient (Wildman–Crippen LogP) is 2.59. The number of amides is 2. The molecule has 1 fully saturated rings. The summed E-state index contributed by atoms with van der Waals surface area (Å²) in [4.78, 5) is 13.8. The molecule has 1 atom stereocenters. The van der Waals surface area contributed by atoms with Crippen LogP contribution < -0.4 is 5.32 Å². The summed E-state index contributed by atoms with van der Waals surface area (Å²) in [7, 11) is 0. The van der Waals surface area contributed by atoms with Crippen LogP contribution >= 0.6 is 0 Å². The van der Waals surface area contributed by atoms with Crippen LogP contribution in [0, 0.1) is 5.82 Å². The molecule has 1 aromatic carbocycles. The Labute approximate surface area is 112 Å². The Morgan fingerprint density at radius 2 is 2.26 bits per heavy atom. The lowest BCUT2D eigenvalue weighted by molar-refractivity contribution is 0.142. The Balaban J connectivity index is 2.04. The van der Waals surface area contributed by atoms with Crippen LogP contribution in [0.15, 0.2) is 24.3 Å². The number of hydrogen-bond acceptors (Lipinski definition) is 2. The fraction of sp³-hybridized carbons (Fsp3) is 0.500. The van der Waals surface area contributed by atoms with Crippen molar-refractivity contribution in [1.82, 2.24) is 4.90 Å². The third-order valence-electron chi connectivity index (χ3n) is 3.42. The fourth-order valence-electron chi connectivity index (χ4n) is 2.40. The molecule has 104 valence electrons. The van der Waals surface area contributed by atoms with Gasteiger partial charge in [-0.1, -0.05) is 18.9 Å². The number of carbonyl (C=O) groups is 1. The zero-order chi connectivity index (χ0) is 13.7. The highest BCUT2D eigenvalue weighted by Crippen LogP contribution is 2.18. The van der Waals surface area contributed by atoms with Gasteiger partial charge in [-0.2, -0.15) is 0 Å². The molecule has 0 spiro atoms. The minimum Gasteiger partial charge on any atom is -0.394 e. The number of aliphatic hydroxyl groups is 1. The number of aliphatic hydroxyl groups excluding tert-OH is 1. The second-order valence-electron chi connectivity index (χ2n) is 4.82. The summed E-state index contributed by atoms with van der Waals surface area (Å²) in [5, 5.41) is 12.0. The number of carbonyl (C=O) groups excluding carboxylic acids is 1. The average molecular weight is 266 g/mol. The van der Waals surface area contributed by atoms with Crippen molar-refractivity contribution >= 4 is 11.7 Å². The van der Waals surface area contributed by atoms with E-state index in [1.165, 1.54) is 12.1 Å². The Bertz CT molecular complexity index is 439. The van der Waals surface area contributed by atoms with E-state index in [-0.39, 0.29) is 24.5 Å². The van der Waals surface area contributed by atoms with E-state index < -0.39 is 0 Å². The number of likely N-dealkylation sites (tertiary alicyclic amines) is 1. The molecule has 1 aliphatic rings. The first-order valence-electron chi connectivity index (χ1n) is 6.65. The van der Waals surface area contributed by atoms with Gasteiger partial charge in [0, 0.05) is 12.2 Å². The molecule has 0 saturated carbocycles. The zero-order valence-electron chi connectivity index (χ0n) is 10.8. The SMILES string of the molecule is O=C(Nc1cccc(F)c1)N1CCCCCC1CO. The number of halogens is 1. The van der Waals surface area contributed by atoms with Gasteiger partial charge < -0.3 is 15.3 Å². The standard InChI is InChI=1S/C14H19FN2O2/c15-11-5-4-6-12(9-11)16-14(19)17-8-3-1-2-7-13(17)10-18/h4-6,9,13,18H,1-3,7-8,10H2,(H,16,19). The molecule has 1 aromatic rings. The van der Waals surface area contributed by atoms with Gasteiger partial charge in [0.15, 0.2) is 0 Å². The molecule has 1 unspecified atom stereocenters. The maximum absolute atomic E-state index is 13.1. The number of anilines is 1. The highest BCUT2D eigenvalue weighted by Gasteiger charge is 2.24. The molecule has 1 aliphatic heterocycles. The summed E-state index contributed by atoms with van der Waals surface area (Å²) in [5.74, 6) is -0.382. The van der Waals surface area contributed by atoms with Gasteiger partial charge in [-0.25, -0.2) is 9.18 Å². The second-order valence-corrected chi connectivity index (χ2v) is 4.82. The number of urea groups is 1. The van der Waals surface area contributed by atoms with Crippen molar-refractivity contribution in [2.45, 2.75) is 31.7 Å². The Morgan fingerprint density at radius 1 is 1.42 bits per heavy atom. The predicted molar refractivity (Wildman–Crippen MR) is 71.5 cm³/mol. The summed E-state index contributed by atoms with van der Waals surface area (Å²) in [5.41, 5.74) is 0.436. The number of benzene rings is 1. The quantitative estimate of drug-likeness (QED) is 0.864.